The lowest BCUT2D eigenvalue weighted by Gasteiger charge is -2.24. The second-order valence-electron chi connectivity index (χ2n) is 6.39. The number of anilines is 1. The summed E-state index contributed by atoms with van der Waals surface area (Å²) in [6.45, 7) is 0.190. The molecule has 1 aromatic heterocycles. The molecule has 0 bridgehead atoms. The molecule has 0 fully saturated rings. The molecule has 0 saturated carbocycles. The minimum Gasteiger partial charge on any atom is -0.408 e. The van der Waals surface area contributed by atoms with E-state index in [1.807, 2.05) is 36.4 Å². The summed E-state index contributed by atoms with van der Waals surface area (Å²) in [5.41, 5.74) is 2.21. The Kier molecular flexibility index (Phi) is 4.52. The van der Waals surface area contributed by atoms with Crippen LogP contribution in [0.5, 0.6) is 0 Å². The molecule has 0 aliphatic heterocycles. The molecule has 28 heavy (non-hydrogen) atoms. The van der Waals surface area contributed by atoms with Gasteiger partial charge in [0.25, 0.3) is 10.0 Å². The quantitative estimate of drug-likeness (QED) is 0.519. The highest BCUT2D eigenvalue weighted by Crippen LogP contribution is 2.27. The highest BCUT2D eigenvalue weighted by molar-refractivity contribution is 7.92. The number of oxazole rings is 1. The maximum absolute atomic E-state index is 13.5. The fourth-order valence-electron chi connectivity index (χ4n) is 3.05. The monoisotopic (exact) mass is 394 g/mol. The number of fused-ring (bicyclic) bond motifs is 1. The fourth-order valence-corrected chi connectivity index (χ4v) is 4.53. The molecule has 1 heterocycles. The summed E-state index contributed by atoms with van der Waals surface area (Å²) >= 11 is 0. The van der Waals surface area contributed by atoms with E-state index in [0.717, 1.165) is 5.56 Å². The van der Waals surface area contributed by atoms with Crippen molar-refractivity contribution in [2.45, 2.75) is 11.4 Å². The summed E-state index contributed by atoms with van der Waals surface area (Å²) in [7, 11) is -2.33. The van der Waals surface area contributed by atoms with Gasteiger partial charge in [0.2, 0.25) is 0 Å². The van der Waals surface area contributed by atoms with Crippen molar-refractivity contribution in [3.05, 3.63) is 95.0 Å². The van der Waals surface area contributed by atoms with Crippen LogP contribution in [0.15, 0.2) is 93.0 Å². The maximum Gasteiger partial charge on any atom is 0.419 e. The van der Waals surface area contributed by atoms with Gasteiger partial charge < -0.3 is 4.42 Å². The van der Waals surface area contributed by atoms with Crippen molar-refractivity contribution in [1.29, 1.82) is 0 Å². The molecule has 0 unspecified atom stereocenters. The van der Waals surface area contributed by atoms with Crippen LogP contribution < -0.4 is 10.1 Å². The van der Waals surface area contributed by atoms with E-state index in [1.54, 1.807) is 31.3 Å². The predicted octanol–water partition coefficient (Wildman–Crippen LogP) is 3.53. The lowest BCUT2D eigenvalue weighted by molar-refractivity contribution is 0.528. The molecule has 4 rings (SSSR count). The van der Waals surface area contributed by atoms with Gasteiger partial charge in [-0.1, -0.05) is 48.5 Å². The number of para-hydroxylation sites is 1. The summed E-state index contributed by atoms with van der Waals surface area (Å²) in [5, 5.41) is 0. The van der Waals surface area contributed by atoms with E-state index in [4.69, 9.17) is 4.42 Å². The molecule has 7 heteroatoms. The normalized spacial score (nSPS) is 11.6. The van der Waals surface area contributed by atoms with Crippen molar-refractivity contribution in [2.24, 2.45) is 7.05 Å². The van der Waals surface area contributed by atoms with Gasteiger partial charge in [0.1, 0.15) is 0 Å². The smallest absolute Gasteiger partial charge is 0.408 e. The first kappa shape index (κ1) is 18.1. The minimum absolute atomic E-state index is 0.0937. The molecule has 0 amide bonds. The van der Waals surface area contributed by atoms with E-state index >= 15 is 0 Å². The zero-order chi connectivity index (χ0) is 19.7. The SMILES string of the molecule is Cn1c(=O)oc2ccc(S(=O)(=O)N(Cc3ccccc3)c3ccccc3)cc21. The van der Waals surface area contributed by atoms with Crippen LogP contribution in [0.4, 0.5) is 5.69 Å². The predicted molar refractivity (Wildman–Crippen MR) is 108 cm³/mol. The lowest BCUT2D eigenvalue weighted by atomic mass is 10.2. The molecule has 0 spiro atoms. The first-order chi connectivity index (χ1) is 13.5. The van der Waals surface area contributed by atoms with Crippen molar-refractivity contribution >= 4 is 26.8 Å². The number of nitrogens with zero attached hydrogens (tertiary/aromatic N) is 2. The second-order valence-corrected chi connectivity index (χ2v) is 8.25. The van der Waals surface area contributed by atoms with Gasteiger partial charge in [0.05, 0.1) is 22.6 Å². The van der Waals surface area contributed by atoms with Crippen LogP contribution >= 0.6 is 0 Å². The van der Waals surface area contributed by atoms with Crippen LogP contribution in [0.25, 0.3) is 11.1 Å². The second kappa shape index (κ2) is 7.01. The molecule has 0 atom stereocenters. The van der Waals surface area contributed by atoms with Crippen molar-refractivity contribution < 1.29 is 12.8 Å². The van der Waals surface area contributed by atoms with Gasteiger partial charge in [-0.2, -0.15) is 0 Å². The third kappa shape index (κ3) is 3.20. The number of benzene rings is 3. The van der Waals surface area contributed by atoms with E-state index in [0.29, 0.717) is 16.8 Å². The van der Waals surface area contributed by atoms with E-state index in [-0.39, 0.29) is 11.4 Å². The fraction of sp³-hybridized carbons (Fsp3) is 0.0952. The molecule has 142 valence electrons. The van der Waals surface area contributed by atoms with Gasteiger partial charge in [-0.3, -0.25) is 8.87 Å². The largest absolute Gasteiger partial charge is 0.419 e. The van der Waals surface area contributed by atoms with Crippen molar-refractivity contribution in [2.75, 3.05) is 4.31 Å². The van der Waals surface area contributed by atoms with Crippen molar-refractivity contribution in [1.82, 2.24) is 4.57 Å². The lowest BCUT2D eigenvalue weighted by Crippen LogP contribution is -2.30. The zero-order valence-electron chi connectivity index (χ0n) is 15.1. The highest BCUT2D eigenvalue weighted by Gasteiger charge is 2.26. The Bertz CT molecular complexity index is 1280. The Labute approximate surface area is 162 Å². The Morgan fingerprint density at radius 3 is 2.25 bits per heavy atom. The topological polar surface area (TPSA) is 72.5 Å². The average molecular weight is 394 g/mol. The average Bonchev–Trinajstić information content (AvgIpc) is 3.01. The van der Waals surface area contributed by atoms with Gasteiger partial charge in [0.15, 0.2) is 5.58 Å². The van der Waals surface area contributed by atoms with Gasteiger partial charge in [-0.25, -0.2) is 13.2 Å². The minimum atomic E-state index is -3.87. The van der Waals surface area contributed by atoms with E-state index < -0.39 is 15.8 Å². The number of sulfonamides is 1. The Morgan fingerprint density at radius 2 is 1.57 bits per heavy atom. The molecule has 0 aliphatic carbocycles. The van der Waals surface area contributed by atoms with E-state index in [2.05, 4.69) is 0 Å². The maximum atomic E-state index is 13.5. The number of hydrogen-bond donors (Lipinski definition) is 0. The van der Waals surface area contributed by atoms with Crippen molar-refractivity contribution in [3.8, 4) is 0 Å². The summed E-state index contributed by atoms with van der Waals surface area (Å²) in [5.74, 6) is -0.534. The van der Waals surface area contributed by atoms with Gasteiger partial charge in [-0.15, -0.1) is 0 Å². The molecule has 0 N–H and O–H groups in total. The number of aromatic nitrogens is 1. The van der Waals surface area contributed by atoms with Crippen LogP contribution in [-0.4, -0.2) is 13.0 Å². The number of hydrogen-bond acceptors (Lipinski definition) is 4. The summed E-state index contributed by atoms with van der Waals surface area (Å²) in [6, 6.07) is 22.8. The van der Waals surface area contributed by atoms with Crippen LogP contribution in [0.2, 0.25) is 0 Å². The third-order valence-corrected chi connectivity index (χ3v) is 6.33. The first-order valence-corrected chi connectivity index (χ1v) is 10.1. The van der Waals surface area contributed by atoms with E-state index in [9.17, 15) is 13.2 Å². The van der Waals surface area contributed by atoms with Gasteiger partial charge in [-0.05, 0) is 35.9 Å². The summed E-state index contributed by atoms with van der Waals surface area (Å²) in [4.78, 5) is 11.8. The van der Waals surface area contributed by atoms with Crippen LogP contribution in [0.3, 0.4) is 0 Å². The number of aryl methyl sites for hydroxylation is 1. The highest BCUT2D eigenvalue weighted by atomic mass is 32.2. The van der Waals surface area contributed by atoms with Gasteiger partial charge >= 0.3 is 5.76 Å². The number of rotatable bonds is 5. The van der Waals surface area contributed by atoms with Crippen molar-refractivity contribution in [3.63, 3.8) is 0 Å². The Balaban J connectivity index is 1.84. The van der Waals surface area contributed by atoms with Crippen LogP contribution in [0, 0.1) is 0 Å². The molecule has 0 saturated heterocycles. The summed E-state index contributed by atoms with van der Waals surface area (Å²) in [6.07, 6.45) is 0. The molecular formula is C21H18N2O4S. The summed E-state index contributed by atoms with van der Waals surface area (Å²) < 4.78 is 34.8. The molecule has 0 aliphatic rings. The standard InChI is InChI=1S/C21H18N2O4S/c1-22-19-14-18(12-13-20(19)27-21(22)24)28(25,26)23(17-10-6-3-7-11-17)15-16-8-4-2-5-9-16/h2-14H,15H2,1H3. The molecule has 6 nitrogen and oxygen atoms in total. The molecule has 3 aromatic carbocycles. The molecular weight excluding hydrogens is 376 g/mol. The third-order valence-electron chi connectivity index (χ3n) is 4.56. The Hall–Kier alpha value is -3.32. The van der Waals surface area contributed by atoms with Gasteiger partial charge in [0, 0.05) is 7.05 Å². The Morgan fingerprint density at radius 1 is 0.929 bits per heavy atom. The zero-order valence-corrected chi connectivity index (χ0v) is 16.0. The van der Waals surface area contributed by atoms with Crippen LogP contribution in [0.1, 0.15) is 5.56 Å². The molecule has 4 aromatic rings. The first-order valence-electron chi connectivity index (χ1n) is 8.68. The van der Waals surface area contributed by atoms with Crippen LogP contribution in [-0.2, 0) is 23.6 Å². The molecule has 0 radical (unpaired) electrons. The van der Waals surface area contributed by atoms with E-state index in [1.165, 1.54) is 27.1 Å².